The fraction of sp³-hybridized carbons (Fsp3) is 0.355. The van der Waals surface area contributed by atoms with E-state index in [1.807, 2.05) is 44.2 Å². The molecule has 11 heteroatoms. The number of carbonyl (C=O) groups excluding carboxylic acids is 2. The van der Waals surface area contributed by atoms with E-state index in [1.54, 1.807) is 42.5 Å². The van der Waals surface area contributed by atoms with E-state index in [4.69, 9.17) is 34.8 Å². The van der Waals surface area contributed by atoms with Gasteiger partial charge in [0.15, 0.2) is 0 Å². The van der Waals surface area contributed by atoms with E-state index < -0.39 is 16.1 Å². The van der Waals surface area contributed by atoms with Crippen molar-refractivity contribution in [2.24, 2.45) is 0 Å². The normalized spacial score (nSPS) is 12.8. The van der Waals surface area contributed by atoms with Crippen LogP contribution in [-0.2, 0) is 32.6 Å². The van der Waals surface area contributed by atoms with E-state index in [9.17, 15) is 18.0 Å². The van der Waals surface area contributed by atoms with E-state index in [0.717, 1.165) is 18.2 Å². The SMILES string of the molecule is CC[C@@H](C)NC(=O)[C@@H](Cc1ccccc1)N(Cc1c(Cl)cccc1Cl)C(=O)CCCN(c1cccc(Cl)c1)S(C)(=O)=O. The molecule has 0 saturated carbocycles. The summed E-state index contributed by atoms with van der Waals surface area (Å²) in [5.41, 5.74) is 1.82. The summed E-state index contributed by atoms with van der Waals surface area (Å²) < 4.78 is 26.4. The first-order chi connectivity index (χ1) is 19.9. The molecule has 0 heterocycles. The third kappa shape index (κ3) is 9.63. The van der Waals surface area contributed by atoms with Crippen molar-refractivity contribution in [1.82, 2.24) is 10.2 Å². The molecule has 0 bridgehead atoms. The fourth-order valence-electron chi connectivity index (χ4n) is 4.48. The highest BCUT2D eigenvalue weighted by Gasteiger charge is 2.32. The number of anilines is 1. The van der Waals surface area contributed by atoms with Crippen molar-refractivity contribution in [2.75, 3.05) is 17.1 Å². The second-order valence-corrected chi connectivity index (χ2v) is 13.3. The van der Waals surface area contributed by atoms with Gasteiger partial charge in [-0.3, -0.25) is 13.9 Å². The summed E-state index contributed by atoms with van der Waals surface area (Å²) in [6.07, 6.45) is 2.29. The Morgan fingerprint density at radius 2 is 1.57 bits per heavy atom. The lowest BCUT2D eigenvalue weighted by molar-refractivity contribution is -0.141. The first-order valence-corrected chi connectivity index (χ1v) is 16.7. The number of sulfonamides is 1. The van der Waals surface area contributed by atoms with Crippen LogP contribution < -0.4 is 9.62 Å². The largest absolute Gasteiger partial charge is 0.352 e. The third-order valence-corrected chi connectivity index (χ3v) is 9.05. The molecule has 3 rings (SSSR count). The van der Waals surface area contributed by atoms with Crippen molar-refractivity contribution in [1.29, 1.82) is 0 Å². The minimum absolute atomic E-state index is 0.00680. The molecule has 0 aliphatic carbocycles. The van der Waals surface area contributed by atoms with Crippen molar-refractivity contribution >= 4 is 62.3 Å². The molecule has 1 N–H and O–H groups in total. The number of hydrogen-bond donors (Lipinski definition) is 1. The minimum Gasteiger partial charge on any atom is -0.352 e. The summed E-state index contributed by atoms with van der Waals surface area (Å²) in [7, 11) is -3.65. The van der Waals surface area contributed by atoms with E-state index in [-0.39, 0.29) is 50.2 Å². The monoisotopic (exact) mass is 651 g/mol. The number of halogens is 3. The van der Waals surface area contributed by atoms with Crippen LogP contribution in [0.1, 0.15) is 44.2 Å². The van der Waals surface area contributed by atoms with E-state index in [1.165, 1.54) is 9.21 Å². The first kappa shape index (κ1) is 33.7. The molecule has 3 aromatic rings. The van der Waals surface area contributed by atoms with Crippen LogP contribution in [0.15, 0.2) is 72.8 Å². The number of carbonyl (C=O) groups is 2. The van der Waals surface area contributed by atoms with Gasteiger partial charge in [-0.25, -0.2) is 8.42 Å². The smallest absolute Gasteiger partial charge is 0.243 e. The number of nitrogens with one attached hydrogen (secondary N) is 1. The Balaban J connectivity index is 1.94. The Kier molecular flexibility index (Phi) is 12.5. The minimum atomic E-state index is -3.65. The number of nitrogens with zero attached hydrogens (tertiary/aromatic N) is 2. The molecular formula is C31H36Cl3N3O4S. The zero-order valence-corrected chi connectivity index (χ0v) is 27.0. The topological polar surface area (TPSA) is 86.8 Å². The zero-order chi connectivity index (χ0) is 30.9. The van der Waals surface area contributed by atoms with E-state index in [0.29, 0.717) is 26.3 Å². The number of amides is 2. The third-order valence-electron chi connectivity index (χ3n) is 6.91. The molecule has 7 nitrogen and oxygen atoms in total. The molecule has 2 amide bonds. The fourth-order valence-corrected chi connectivity index (χ4v) is 6.14. The van der Waals surface area contributed by atoms with Gasteiger partial charge in [-0.1, -0.05) is 84.2 Å². The molecule has 0 spiro atoms. The first-order valence-electron chi connectivity index (χ1n) is 13.7. The van der Waals surface area contributed by atoms with Gasteiger partial charge in [0.1, 0.15) is 6.04 Å². The molecule has 0 saturated heterocycles. The number of hydrogen-bond acceptors (Lipinski definition) is 4. The van der Waals surface area contributed by atoms with Crippen molar-refractivity contribution < 1.29 is 18.0 Å². The van der Waals surface area contributed by atoms with Gasteiger partial charge < -0.3 is 10.2 Å². The molecule has 0 fully saturated rings. The van der Waals surface area contributed by atoms with E-state index in [2.05, 4.69) is 5.32 Å². The lowest BCUT2D eigenvalue weighted by Crippen LogP contribution is -2.52. The molecule has 2 atom stereocenters. The highest BCUT2D eigenvalue weighted by molar-refractivity contribution is 7.92. The maximum Gasteiger partial charge on any atom is 0.243 e. The Labute approximate surface area is 263 Å². The second-order valence-electron chi connectivity index (χ2n) is 10.2. The Bertz CT molecular complexity index is 1450. The Morgan fingerprint density at radius 3 is 2.17 bits per heavy atom. The van der Waals surface area contributed by atoms with Crippen LogP contribution in [-0.4, -0.2) is 50.0 Å². The molecular weight excluding hydrogens is 617 g/mol. The zero-order valence-electron chi connectivity index (χ0n) is 23.9. The summed E-state index contributed by atoms with van der Waals surface area (Å²) in [6.45, 7) is 3.93. The predicted octanol–water partition coefficient (Wildman–Crippen LogP) is 6.75. The van der Waals surface area contributed by atoms with Gasteiger partial charge in [0.25, 0.3) is 0 Å². The summed E-state index contributed by atoms with van der Waals surface area (Å²) >= 11 is 19.1. The van der Waals surface area contributed by atoms with Crippen molar-refractivity contribution in [3.63, 3.8) is 0 Å². The average molecular weight is 653 g/mol. The summed E-state index contributed by atoms with van der Waals surface area (Å²) in [5.74, 6) is -0.618. The standard InChI is InChI=1S/C31H36Cl3N3O4S/c1-4-22(2)35-31(39)29(19-23-11-6-5-7-12-23)36(21-26-27(33)15-9-16-28(26)34)30(38)17-10-18-37(42(3,40)41)25-14-8-13-24(32)20-25/h5-9,11-16,20,22,29H,4,10,17-19,21H2,1-3H3,(H,35,39)/t22-,29-/m1/s1. The van der Waals surface area contributed by atoms with Gasteiger partial charge in [0.05, 0.1) is 11.9 Å². The number of benzene rings is 3. The summed E-state index contributed by atoms with van der Waals surface area (Å²) in [6, 6.07) is 20.1. The second kappa shape index (κ2) is 15.6. The van der Waals surface area contributed by atoms with Crippen LogP contribution in [0, 0.1) is 0 Å². The molecule has 226 valence electrons. The lowest BCUT2D eigenvalue weighted by atomic mass is 10.0. The van der Waals surface area contributed by atoms with Crippen molar-refractivity contribution in [2.45, 2.75) is 58.2 Å². The highest BCUT2D eigenvalue weighted by atomic mass is 35.5. The maximum absolute atomic E-state index is 14.0. The average Bonchev–Trinajstić information content (AvgIpc) is 2.94. The van der Waals surface area contributed by atoms with Crippen LogP contribution in [0.4, 0.5) is 5.69 Å². The molecule has 0 unspecified atom stereocenters. The molecule has 0 aliphatic rings. The van der Waals surface area contributed by atoms with Gasteiger partial charge in [-0.15, -0.1) is 0 Å². The molecule has 0 aliphatic heterocycles. The molecule has 42 heavy (non-hydrogen) atoms. The summed E-state index contributed by atoms with van der Waals surface area (Å²) in [4.78, 5) is 29.1. The number of rotatable bonds is 14. The van der Waals surface area contributed by atoms with Gasteiger partial charge in [0.2, 0.25) is 21.8 Å². The van der Waals surface area contributed by atoms with E-state index >= 15 is 0 Å². The predicted molar refractivity (Wildman–Crippen MR) is 172 cm³/mol. The van der Waals surface area contributed by atoms with Gasteiger partial charge in [-0.05, 0) is 55.7 Å². The van der Waals surface area contributed by atoms with Crippen LogP contribution in [0.2, 0.25) is 15.1 Å². The van der Waals surface area contributed by atoms with Gasteiger partial charge in [-0.2, -0.15) is 0 Å². The Hall–Kier alpha value is -2.78. The van der Waals surface area contributed by atoms with Gasteiger partial charge in [0, 0.05) is 52.6 Å². The lowest BCUT2D eigenvalue weighted by Gasteiger charge is -2.33. The molecule has 0 aromatic heterocycles. The highest BCUT2D eigenvalue weighted by Crippen LogP contribution is 2.28. The van der Waals surface area contributed by atoms with Crippen LogP contribution in [0.5, 0.6) is 0 Å². The maximum atomic E-state index is 14.0. The summed E-state index contributed by atoms with van der Waals surface area (Å²) in [5, 5.41) is 4.18. The van der Waals surface area contributed by atoms with Crippen molar-refractivity contribution in [3.8, 4) is 0 Å². The van der Waals surface area contributed by atoms with Gasteiger partial charge >= 0.3 is 0 Å². The molecule has 0 radical (unpaired) electrons. The quantitative estimate of drug-likeness (QED) is 0.209. The van der Waals surface area contributed by atoms with Crippen molar-refractivity contribution in [3.05, 3.63) is 99.0 Å². The molecule has 3 aromatic carbocycles. The van der Waals surface area contributed by atoms with Crippen LogP contribution >= 0.6 is 34.8 Å². The Morgan fingerprint density at radius 1 is 0.929 bits per heavy atom. The van der Waals surface area contributed by atoms with Crippen LogP contribution in [0.25, 0.3) is 0 Å². The van der Waals surface area contributed by atoms with Crippen LogP contribution in [0.3, 0.4) is 0 Å².